The SMILES string of the molecule is CC(C)NCc1cc2cccc(F)c2[nH]c1=O. The Morgan fingerprint density at radius 2 is 2.18 bits per heavy atom. The molecule has 0 amide bonds. The lowest BCUT2D eigenvalue weighted by Gasteiger charge is -2.08. The molecule has 17 heavy (non-hydrogen) atoms. The second-order valence-corrected chi connectivity index (χ2v) is 4.36. The summed E-state index contributed by atoms with van der Waals surface area (Å²) in [6.45, 7) is 4.50. The number of aromatic nitrogens is 1. The van der Waals surface area contributed by atoms with E-state index in [9.17, 15) is 9.18 Å². The molecule has 0 saturated heterocycles. The molecule has 0 aliphatic rings. The molecular weight excluding hydrogens is 219 g/mol. The molecule has 4 heteroatoms. The van der Waals surface area contributed by atoms with E-state index in [1.165, 1.54) is 6.07 Å². The Labute approximate surface area is 98.7 Å². The van der Waals surface area contributed by atoms with Crippen molar-refractivity contribution in [3.63, 3.8) is 0 Å². The Bertz CT molecular complexity index is 589. The number of benzene rings is 1. The van der Waals surface area contributed by atoms with Gasteiger partial charge in [-0.15, -0.1) is 0 Å². The van der Waals surface area contributed by atoms with Crippen LogP contribution in [0.4, 0.5) is 4.39 Å². The quantitative estimate of drug-likeness (QED) is 0.854. The van der Waals surface area contributed by atoms with E-state index in [4.69, 9.17) is 0 Å². The minimum Gasteiger partial charge on any atom is -0.319 e. The van der Waals surface area contributed by atoms with E-state index < -0.39 is 5.82 Å². The summed E-state index contributed by atoms with van der Waals surface area (Å²) in [6, 6.07) is 6.79. The molecular formula is C13H15FN2O. The molecule has 0 fully saturated rings. The van der Waals surface area contributed by atoms with E-state index in [-0.39, 0.29) is 11.1 Å². The van der Waals surface area contributed by atoms with E-state index in [1.807, 2.05) is 13.8 Å². The maximum atomic E-state index is 13.4. The number of aromatic amines is 1. The van der Waals surface area contributed by atoms with Gasteiger partial charge in [0.1, 0.15) is 5.82 Å². The zero-order valence-corrected chi connectivity index (χ0v) is 9.88. The van der Waals surface area contributed by atoms with Crippen molar-refractivity contribution in [2.45, 2.75) is 26.4 Å². The number of para-hydroxylation sites is 1. The fourth-order valence-corrected chi connectivity index (χ4v) is 1.69. The molecule has 0 atom stereocenters. The molecule has 90 valence electrons. The first-order chi connectivity index (χ1) is 8.08. The van der Waals surface area contributed by atoms with E-state index >= 15 is 0 Å². The first-order valence-corrected chi connectivity index (χ1v) is 5.61. The van der Waals surface area contributed by atoms with Gasteiger partial charge in [0.25, 0.3) is 5.56 Å². The van der Waals surface area contributed by atoms with Crippen LogP contribution in [-0.4, -0.2) is 11.0 Å². The van der Waals surface area contributed by atoms with Crippen molar-refractivity contribution in [2.24, 2.45) is 0 Å². The van der Waals surface area contributed by atoms with Crippen molar-refractivity contribution in [3.05, 3.63) is 46.0 Å². The summed E-state index contributed by atoms with van der Waals surface area (Å²) in [5, 5.41) is 3.88. The third-order valence-corrected chi connectivity index (χ3v) is 2.61. The van der Waals surface area contributed by atoms with Gasteiger partial charge in [0.2, 0.25) is 0 Å². The molecule has 1 aromatic carbocycles. The van der Waals surface area contributed by atoms with Crippen molar-refractivity contribution in [2.75, 3.05) is 0 Å². The minimum atomic E-state index is -0.400. The highest BCUT2D eigenvalue weighted by Gasteiger charge is 2.06. The molecule has 0 unspecified atom stereocenters. The number of halogens is 1. The van der Waals surface area contributed by atoms with Crippen LogP contribution in [0, 0.1) is 5.82 Å². The monoisotopic (exact) mass is 234 g/mol. The molecule has 1 heterocycles. The topological polar surface area (TPSA) is 44.9 Å². The molecule has 2 rings (SSSR count). The van der Waals surface area contributed by atoms with Crippen LogP contribution >= 0.6 is 0 Å². The molecule has 1 aromatic heterocycles. The first-order valence-electron chi connectivity index (χ1n) is 5.61. The van der Waals surface area contributed by atoms with Gasteiger partial charge in [-0.2, -0.15) is 0 Å². The van der Waals surface area contributed by atoms with Crippen LogP contribution in [0.3, 0.4) is 0 Å². The summed E-state index contributed by atoms with van der Waals surface area (Å²) < 4.78 is 13.4. The normalized spacial score (nSPS) is 11.3. The summed E-state index contributed by atoms with van der Waals surface area (Å²) in [7, 11) is 0. The third-order valence-electron chi connectivity index (χ3n) is 2.61. The summed E-state index contributed by atoms with van der Waals surface area (Å²) in [4.78, 5) is 14.3. The average Bonchev–Trinajstić information content (AvgIpc) is 2.28. The second-order valence-electron chi connectivity index (χ2n) is 4.36. The lowest BCUT2D eigenvalue weighted by molar-refractivity contribution is 0.586. The first kappa shape index (κ1) is 11.8. The Hall–Kier alpha value is -1.68. The molecule has 0 bridgehead atoms. The van der Waals surface area contributed by atoms with Crippen LogP contribution in [0.5, 0.6) is 0 Å². The van der Waals surface area contributed by atoms with Crippen molar-refractivity contribution < 1.29 is 4.39 Å². The lowest BCUT2D eigenvalue weighted by Crippen LogP contribution is -2.26. The Kier molecular flexibility index (Phi) is 3.24. The molecule has 3 nitrogen and oxygen atoms in total. The number of hydrogen-bond acceptors (Lipinski definition) is 2. The molecule has 0 saturated carbocycles. The molecule has 0 radical (unpaired) electrons. The van der Waals surface area contributed by atoms with Gasteiger partial charge in [-0.3, -0.25) is 4.79 Å². The molecule has 2 aromatic rings. The van der Waals surface area contributed by atoms with Crippen molar-refractivity contribution >= 4 is 10.9 Å². The number of H-pyrrole nitrogens is 1. The lowest BCUT2D eigenvalue weighted by atomic mass is 10.1. The van der Waals surface area contributed by atoms with E-state index in [1.54, 1.807) is 18.2 Å². The molecule has 0 aliphatic heterocycles. The van der Waals surface area contributed by atoms with Gasteiger partial charge in [-0.05, 0) is 12.1 Å². The van der Waals surface area contributed by atoms with Crippen LogP contribution in [0.1, 0.15) is 19.4 Å². The van der Waals surface area contributed by atoms with Crippen LogP contribution in [0.15, 0.2) is 29.1 Å². The maximum absolute atomic E-state index is 13.4. The molecule has 0 aliphatic carbocycles. The van der Waals surface area contributed by atoms with Crippen molar-refractivity contribution in [1.82, 2.24) is 10.3 Å². The summed E-state index contributed by atoms with van der Waals surface area (Å²) in [5.74, 6) is -0.400. The van der Waals surface area contributed by atoms with Crippen molar-refractivity contribution in [3.8, 4) is 0 Å². The zero-order chi connectivity index (χ0) is 12.4. The van der Waals surface area contributed by atoms with Gasteiger partial charge < -0.3 is 10.3 Å². The van der Waals surface area contributed by atoms with Gasteiger partial charge in [-0.1, -0.05) is 26.0 Å². The average molecular weight is 234 g/mol. The fraction of sp³-hybridized carbons (Fsp3) is 0.308. The molecule has 2 N–H and O–H groups in total. The van der Waals surface area contributed by atoms with Crippen LogP contribution in [-0.2, 0) is 6.54 Å². The second kappa shape index (κ2) is 4.67. The van der Waals surface area contributed by atoms with Gasteiger partial charge in [0.15, 0.2) is 0 Å². The predicted molar refractivity (Wildman–Crippen MR) is 66.5 cm³/mol. The number of rotatable bonds is 3. The summed E-state index contributed by atoms with van der Waals surface area (Å²) >= 11 is 0. The highest BCUT2D eigenvalue weighted by atomic mass is 19.1. The number of nitrogens with one attached hydrogen (secondary N) is 2. The molecule has 0 spiro atoms. The Morgan fingerprint density at radius 3 is 2.88 bits per heavy atom. The maximum Gasteiger partial charge on any atom is 0.253 e. The largest absolute Gasteiger partial charge is 0.319 e. The number of fused-ring (bicyclic) bond motifs is 1. The summed E-state index contributed by atoms with van der Waals surface area (Å²) in [5.41, 5.74) is 0.651. The highest BCUT2D eigenvalue weighted by molar-refractivity contribution is 5.79. The smallest absolute Gasteiger partial charge is 0.253 e. The Morgan fingerprint density at radius 1 is 1.41 bits per heavy atom. The fourth-order valence-electron chi connectivity index (χ4n) is 1.69. The minimum absolute atomic E-state index is 0.240. The van der Waals surface area contributed by atoms with Gasteiger partial charge in [0, 0.05) is 23.5 Å². The zero-order valence-electron chi connectivity index (χ0n) is 9.88. The van der Waals surface area contributed by atoms with Crippen LogP contribution in [0.25, 0.3) is 10.9 Å². The predicted octanol–water partition coefficient (Wildman–Crippen LogP) is 2.17. The van der Waals surface area contributed by atoms with E-state index in [2.05, 4.69) is 10.3 Å². The van der Waals surface area contributed by atoms with Gasteiger partial charge in [0.05, 0.1) is 5.52 Å². The number of pyridine rings is 1. The number of hydrogen-bond donors (Lipinski definition) is 2. The highest BCUT2D eigenvalue weighted by Crippen LogP contribution is 2.14. The Balaban J connectivity index is 2.45. The van der Waals surface area contributed by atoms with Crippen molar-refractivity contribution in [1.29, 1.82) is 0 Å². The van der Waals surface area contributed by atoms with E-state index in [0.29, 0.717) is 23.5 Å². The standard InChI is InChI=1S/C13H15FN2O/c1-8(2)15-7-10-6-9-4-3-5-11(14)12(9)16-13(10)17/h3-6,8,15H,7H2,1-2H3,(H,16,17). The van der Waals surface area contributed by atoms with E-state index in [0.717, 1.165) is 0 Å². The van der Waals surface area contributed by atoms with Gasteiger partial charge >= 0.3 is 0 Å². The van der Waals surface area contributed by atoms with Crippen LogP contribution in [0.2, 0.25) is 0 Å². The van der Waals surface area contributed by atoms with Crippen LogP contribution < -0.4 is 10.9 Å². The third kappa shape index (κ3) is 2.53. The summed E-state index contributed by atoms with van der Waals surface area (Å²) in [6.07, 6.45) is 0. The van der Waals surface area contributed by atoms with Gasteiger partial charge in [-0.25, -0.2) is 4.39 Å².